The van der Waals surface area contributed by atoms with E-state index in [2.05, 4.69) is 20.2 Å². The van der Waals surface area contributed by atoms with Crippen molar-refractivity contribution in [1.29, 1.82) is 0 Å². The molecule has 0 aliphatic carbocycles. The van der Waals surface area contributed by atoms with E-state index in [0.717, 1.165) is 25.9 Å². The predicted octanol–water partition coefficient (Wildman–Crippen LogP) is 3.22. The Balaban J connectivity index is 1.59. The number of aromatic nitrogens is 2. The van der Waals surface area contributed by atoms with Crippen molar-refractivity contribution in [1.82, 2.24) is 9.97 Å². The number of carbonyl (C=O) groups excluding carboxylic acids is 1. The summed E-state index contributed by atoms with van der Waals surface area (Å²) in [7, 11) is 0. The summed E-state index contributed by atoms with van der Waals surface area (Å²) in [6.45, 7) is 1.48. The van der Waals surface area contributed by atoms with Crippen molar-refractivity contribution < 1.29 is 4.79 Å². The largest absolute Gasteiger partial charge is 0.396 e. The van der Waals surface area contributed by atoms with Crippen LogP contribution in [0.4, 0.5) is 17.3 Å². The third-order valence-electron chi connectivity index (χ3n) is 4.05. The molecule has 1 aromatic heterocycles. The molecule has 2 aromatic rings. The lowest BCUT2D eigenvalue weighted by molar-refractivity contribution is -0.120. The third kappa shape index (κ3) is 3.71. The maximum atomic E-state index is 12.4. The number of hydrogen-bond acceptors (Lipinski definition) is 5. The fraction of sp³-hybridized carbons (Fsp3) is 0.312. The van der Waals surface area contributed by atoms with Gasteiger partial charge in [-0.1, -0.05) is 23.2 Å². The molecule has 0 radical (unpaired) electrons. The number of anilines is 3. The van der Waals surface area contributed by atoms with E-state index in [9.17, 15) is 4.79 Å². The first-order valence-electron chi connectivity index (χ1n) is 7.62. The summed E-state index contributed by atoms with van der Waals surface area (Å²) in [6.07, 6.45) is 4.91. The van der Waals surface area contributed by atoms with Crippen LogP contribution in [-0.4, -0.2) is 29.0 Å². The van der Waals surface area contributed by atoms with E-state index in [-0.39, 0.29) is 11.8 Å². The number of benzene rings is 1. The highest BCUT2D eigenvalue weighted by atomic mass is 35.5. The van der Waals surface area contributed by atoms with Gasteiger partial charge in [-0.15, -0.1) is 0 Å². The molecule has 24 heavy (non-hydrogen) atoms. The SMILES string of the molecule is Nc1c(Cl)cc(NC(=O)C2CCN(c3ncccn3)CC2)cc1Cl. The van der Waals surface area contributed by atoms with E-state index in [4.69, 9.17) is 28.9 Å². The molecule has 1 fully saturated rings. The summed E-state index contributed by atoms with van der Waals surface area (Å²) in [5.41, 5.74) is 6.57. The highest BCUT2D eigenvalue weighted by molar-refractivity contribution is 6.39. The van der Waals surface area contributed by atoms with Crippen LogP contribution >= 0.6 is 23.2 Å². The second-order valence-electron chi connectivity index (χ2n) is 5.65. The highest BCUT2D eigenvalue weighted by Gasteiger charge is 2.26. The zero-order valence-corrected chi connectivity index (χ0v) is 14.4. The van der Waals surface area contributed by atoms with Crippen LogP contribution in [0.3, 0.4) is 0 Å². The molecule has 126 valence electrons. The Morgan fingerprint density at radius 1 is 1.17 bits per heavy atom. The zero-order valence-electron chi connectivity index (χ0n) is 12.9. The van der Waals surface area contributed by atoms with Gasteiger partial charge in [-0.05, 0) is 31.0 Å². The first-order chi connectivity index (χ1) is 11.5. The molecule has 1 aliphatic heterocycles. The molecule has 0 bridgehead atoms. The Hall–Kier alpha value is -2.05. The van der Waals surface area contributed by atoms with Gasteiger partial charge in [0, 0.05) is 37.1 Å². The quantitative estimate of drug-likeness (QED) is 0.815. The van der Waals surface area contributed by atoms with E-state index in [1.54, 1.807) is 30.6 Å². The molecule has 1 aromatic carbocycles. The molecule has 8 heteroatoms. The number of hydrogen-bond donors (Lipinski definition) is 2. The Labute approximate surface area is 150 Å². The molecule has 0 saturated carbocycles. The van der Waals surface area contributed by atoms with E-state index in [1.807, 2.05) is 0 Å². The van der Waals surface area contributed by atoms with Crippen LogP contribution in [0.5, 0.6) is 0 Å². The summed E-state index contributed by atoms with van der Waals surface area (Å²) < 4.78 is 0. The fourth-order valence-corrected chi connectivity index (χ4v) is 3.18. The lowest BCUT2D eigenvalue weighted by atomic mass is 9.96. The number of nitrogens with two attached hydrogens (primary N) is 1. The van der Waals surface area contributed by atoms with Gasteiger partial charge in [0.25, 0.3) is 0 Å². The van der Waals surface area contributed by atoms with E-state index in [0.29, 0.717) is 27.4 Å². The van der Waals surface area contributed by atoms with Crippen LogP contribution in [0.25, 0.3) is 0 Å². The number of nitrogens with one attached hydrogen (secondary N) is 1. The highest BCUT2D eigenvalue weighted by Crippen LogP contribution is 2.31. The van der Waals surface area contributed by atoms with Gasteiger partial charge in [-0.3, -0.25) is 4.79 Å². The molecule has 3 N–H and O–H groups in total. The molecule has 0 atom stereocenters. The molecular formula is C16H17Cl2N5O. The van der Waals surface area contributed by atoms with Crippen LogP contribution in [-0.2, 0) is 4.79 Å². The predicted molar refractivity (Wildman–Crippen MR) is 96.5 cm³/mol. The van der Waals surface area contributed by atoms with Gasteiger partial charge in [0.05, 0.1) is 15.7 Å². The Kier molecular flexibility index (Phi) is 5.06. The topological polar surface area (TPSA) is 84.1 Å². The third-order valence-corrected chi connectivity index (χ3v) is 4.67. The summed E-state index contributed by atoms with van der Waals surface area (Å²) in [6, 6.07) is 4.99. The second-order valence-corrected chi connectivity index (χ2v) is 6.47. The van der Waals surface area contributed by atoms with Gasteiger partial charge in [-0.25, -0.2) is 9.97 Å². The Morgan fingerprint density at radius 3 is 2.33 bits per heavy atom. The number of rotatable bonds is 3. The van der Waals surface area contributed by atoms with E-state index < -0.39 is 0 Å². The first kappa shape index (κ1) is 16.8. The average Bonchev–Trinajstić information content (AvgIpc) is 2.60. The zero-order chi connectivity index (χ0) is 17.1. The number of nitrogen functional groups attached to an aromatic ring is 1. The number of carbonyl (C=O) groups is 1. The Morgan fingerprint density at radius 2 is 1.75 bits per heavy atom. The molecule has 0 spiro atoms. The molecule has 2 heterocycles. The summed E-state index contributed by atoms with van der Waals surface area (Å²) in [4.78, 5) is 23.0. The smallest absolute Gasteiger partial charge is 0.227 e. The molecular weight excluding hydrogens is 349 g/mol. The fourth-order valence-electron chi connectivity index (χ4n) is 2.70. The van der Waals surface area contributed by atoms with Crippen molar-refractivity contribution in [2.45, 2.75) is 12.8 Å². The lowest BCUT2D eigenvalue weighted by Crippen LogP contribution is -2.39. The Bertz CT molecular complexity index is 709. The summed E-state index contributed by atoms with van der Waals surface area (Å²) in [5, 5.41) is 3.52. The monoisotopic (exact) mass is 365 g/mol. The van der Waals surface area contributed by atoms with Crippen LogP contribution in [0, 0.1) is 5.92 Å². The maximum absolute atomic E-state index is 12.4. The molecule has 1 aliphatic rings. The summed E-state index contributed by atoms with van der Waals surface area (Å²) in [5.74, 6) is 0.592. The van der Waals surface area contributed by atoms with Crippen molar-refractivity contribution in [3.8, 4) is 0 Å². The summed E-state index contributed by atoms with van der Waals surface area (Å²) >= 11 is 12.0. The molecule has 6 nitrogen and oxygen atoms in total. The van der Waals surface area contributed by atoms with Gasteiger partial charge in [0.15, 0.2) is 0 Å². The molecule has 0 unspecified atom stereocenters. The first-order valence-corrected chi connectivity index (χ1v) is 8.37. The van der Waals surface area contributed by atoms with Crippen molar-refractivity contribution in [2.75, 3.05) is 29.0 Å². The van der Waals surface area contributed by atoms with Crippen molar-refractivity contribution in [3.63, 3.8) is 0 Å². The van der Waals surface area contributed by atoms with Crippen molar-refractivity contribution >= 4 is 46.4 Å². The van der Waals surface area contributed by atoms with Gasteiger partial charge < -0.3 is 16.0 Å². The second kappa shape index (κ2) is 7.23. The molecule has 3 rings (SSSR count). The maximum Gasteiger partial charge on any atom is 0.227 e. The van der Waals surface area contributed by atoms with Crippen LogP contribution in [0.1, 0.15) is 12.8 Å². The minimum atomic E-state index is -0.0694. The standard InChI is InChI=1S/C16H17Cl2N5O/c17-12-8-11(9-13(18)14(12)19)22-15(24)10-2-6-23(7-3-10)16-20-4-1-5-21-16/h1,4-5,8-10H,2-3,6-7,19H2,(H,22,24). The lowest BCUT2D eigenvalue weighted by Gasteiger charge is -2.31. The van der Waals surface area contributed by atoms with Crippen LogP contribution in [0.15, 0.2) is 30.6 Å². The van der Waals surface area contributed by atoms with Crippen LogP contribution in [0.2, 0.25) is 10.0 Å². The number of amides is 1. The number of piperidine rings is 1. The minimum absolute atomic E-state index is 0.0412. The normalized spacial score (nSPS) is 15.3. The van der Waals surface area contributed by atoms with Gasteiger partial charge >= 0.3 is 0 Å². The van der Waals surface area contributed by atoms with Crippen LogP contribution < -0.4 is 16.0 Å². The number of halogens is 2. The average molecular weight is 366 g/mol. The molecule has 1 saturated heterocycles. The van der Waals surface area contributed by atoms with Crippen molar-refractivity contribution in [2.24, 2.45) is 5.92 Å². The van der Waals surface area contributed by atoms with Gasteiger partial charge in [0.1, 0.15) is 0 Å². The number of nitrogens with zero attached hydrogens (tertiary/aromatic N) is 3. The van der Waals surface area contributed by atoms with Crippen molar-refractivity contribution in [3.05, 3.63) is 40.6 Å². The van der Waals surface area contributed by atoms with Gasteiger partial charge in [-0.2, -0.15) is 0 Å². The molecule has 1 amide bonds. The van der Waals surface area contributed by atoms with E-state index in [1.165, 1.54) is 0 Å². The van der Waals surface area contributed by atoms with E-state index >= 15 is 0 Å². The minimum Gasteiger partial charge on any atom is -0.396 e. The van der Waals surface area contributed by atoms with Gasteiger partial charge in [0.2, 0.25) is 11.9 Å².